The number of hydrogen-bond acceptors (Lipinski definition) is 3. The van der Waals surface area contributed by atoms with Gasteiger partial charge in [0.1, 0.15) is 0 Å². The molecule has 1 amide bonds. The fourth-order valence-electron chi connectivity index (χ4n) is 2.48. The second-order valence-electron chi connectivity index (χ2n) is 5.85. The van der Waals surface area contributed by atoms with Crippen molar-refractivity contribution < 1.29 is 4.79 Å². The van der Waals surface area contributed by atoms with Crippen molar-refractivity contribution in [2.45, 2.75) is 39.5 Å². The third-order valence-electron chi connectivity index (χ3n) is 3.70. The molecule has 0 radical (unpaired) electrons. The van der Waals surface area contributed by atoms with Gasteiger partial charge in [-0.1, -0.05) is 0 Å². The van der Waals surface area contributed by atoms with Gasteiger partial charge in [-0.15, -0.1) is 0 Å². The zero-order valence-corrected chi connectivity index (χ0v) is 11.8. The molecule has 1 unspecified atom stereocenters. The number of amides is 1. The van der Waals surface area contributed by atoms with E-state index in [-0.39, 0.29) is 17.2 Å². The molecule has 18 heavy (non-hydrogen) atoms. The van der Waals surface area contributed by atoms with Crippen molar-refractivity contribution in [1.82, 2.24) is 10.2 Å². The molecule has 1 heterocycles. The van der Waals surface area contributed by atoms with Gasteiger partial charge in [0.25, 0.3) is 0 Å². The number of nitrogens with one attached hydrogen (secondary N) is 1. The van der Waals surface area contributed by atoms with E-state index in [0.717, 1.165) is 45.3 Å². The molecule has 1 aliphatic heterocycles. The Morgan fingerprint density at radius 1 is 1.56 bits per heavy atom. The van der Waals surface area contributed by atoms with Crippen LogP contribution in [0.5, 0.6) is 0 Å². The number of hydrogen-bond donors (Lipinski definition) is 1. The predicted octanol–water partition coefficient (Wildman–Crippen LogP) is 1.77. The average Bonchev–Trinajstić information content (AvgIpc) is 2.38. The van der Waals surface area contributed by atoms with Crippen molar-refractivity contribution in [3.05, 3.63) is 0 Å². The fraction of sp³-hybridized carbons (Fsp3) is 0.857. The smallest absolute Gasteiger partial charge is 0.224 e. The Labute approximate surface area is 110 Å². The Kier molecular flexibility index (Phi) is 5.61. The maximum Gasteiger partial charge on any atom is 0.224 e. The molecule has 0 aromatic rings. The van der Waals surface area contributed by atoms with Crippen molar-refractivity contribution in [3.8, 4) is 6.07 Å². The van der Waals surface area contributed by atoms with Gasteiger partial charge in [-0.05, 0) is 52.6 Å². The molecule has 0 aliphatic carbocycles. The minimum Gasteiger partial charge on any atom is -0.359 e. The minimum atomic E-state index is -0.226. The maximum atomic E-state index is 11.6. The lowest BCUT2D eigenvalue weighted by Gasteiger charge is -2.32. The van der Waals surface area contributed by atoms with Gasteiger partial charge in [0.05, 0.1) is 17.4 Å². The predicted molar refractivity (Wildman–Crippen MR) is 71.9 cm³/mol. The normalized spacial score (nSPS) is 21.3. The van der Waals surface area contributed by atoms with Crippen molar-refractivity contribution in [2.75, 3.05) is 26.7 Å². The van der Waals surface area contributed by atoms with Gasteiger partial charge in [-0.2, -0.15) is 5.26 Å². The van der Waals surface area contributed by atoms with E-state index in [1.807, 2.05) is 13.8 Å². The third kappa shape index (κ3) is 4.66. The van der Waals surface area contributed by atoms with E-state index in [1.54, 1.807) is 7.05 Å². The van der Waals surface area contributed by atoms with E-state index in [9.17, 15) is 4.79 Å². The topological polar surface area (TPSA) is 56.1 Å². The van der Waals surface area contributed by atoms with Crippen LogP contribution in [0, 0.1) is 22.7 Å². The van der Waals surface area contributed by atoms with Gasteiger partial charge in [0, 0.05) is 13.6 Å². The number of nitriles is 1. The van der Waals surface area contributed by atoms with Crippen LogP contribution in [0.15, 0.2) is 0 Å². The van der Waals surface area contributed by atoms with Crippen LogP contribution in [0.1, 0.15) is 39.5 Å². The molecule has 1 atom stereocenters. The lowest BCUT2D eigenvalue weighted by Crippen LogP contribution is -2.42. The van der Waals surface area contributed by atoms with Crippen molar-refractivity contribution in [2.24, 2.45) is 11.3 Å². The number of carbonyl (C=O) groups is 1. The Balaban J connectivity index is 2.31. The molecular weight excluding hydrogens is 226 g/mol. The van der Waals surface area contributed by atoms with E-state index in [2.05, 4.69) is 16.3 Å². The first-order valence-corrected chi connectivity index (χ1v) is 6.84. The van der Waals surface area contributed by atoms with E-state index in [1.165, 1.54) is 0 Å². The van der Waals surface area contributed by atoms with E-state index in [4.69, 9.17) is 5.26 Å². The molecule has 0 aromatic heterocycles. The summed E-state index contributed by atoms with van der Waals surface area (Å²) in [6.45, 7) is 6.92. The van der Waals surface area contributed by atoms with Gasteiger partial charge in [0.2, 0.25) is 5.91 Å². The standard InChI is InChI=1S/C14H25N3O/c1-14(2,11-15)7-5-9-17-8-4-6-12(10-17)13(18)16-3/h12H,4-10H2,1-3H3,(H,16,18). The highest BCUT2D eigenvalue weighted by Gasteiger charge is 2.25. The van der Waals surface area contributed by atoms with Crippen molar-refractivity contribution in [1.29, 1.82) is 5.26 Å². The summed E-state index contributed by atoms with van der Waals surface area (Å²) in [6.07, 6.45) is 4.05. The summed E-state index contributed by atoms with van der Waals surface area (Å²) in [5, 5.41) is 11.7. The van der Waals surface area contributed by atoms with Crippen LogP contribution in [0.3, 0.4) is 0 Å². The molecule has 0 spiro atoms. The third-order valence-corrected chi connectivity index (χ3v) is 3.70. The van der Waals surface area contributed by atoms with E-state index in [0.29, 0.717) is 0 Å². The van der Waals surface area contributed by atoms with Crippen LogP contribution in [0.25, 0.3) is 0 Å². The number of likely N-dealkylation sites (tertiary alicyclic amines) is 1. The molecule has 102 valence electrons. The molecule has 0 saturated carbocycles. The highest BCUT2D eigenvalue weighted by Crippen LogP contribution is 2.22. The van der Waals surface area contributed by atoms with Crippen LogP contribution < -0.4 is 5.32 Å². The summed E-state index contributed by atoms with van der Waals surface area (Å²) in [5.74, 6) is 0.310. The van der Waals surface area contributed by atoms with E-state index < -0.39 is 0 Å². The molecule has 1 fully saturated rings. The van der Waals surface area contributed by atoms with Crippen LogP contribution in [-0.4, -0.2) is 37.5 Å². The quantitative estimate of drug-likeness (QED) is 0.810. The largest absolute Gasteiger partial charge is 0.359 e. The average molecular weight is 251 g/mol. The van der Waals surface area contributed by atoms with Crippen molar-refractivity contribution >= 4 is 5.91 Å². The second-order valence-corrected chi connectivity index (χ2v) is 5.85. The van der Waals surface area contributed by atoms with E-state index >= 15 is 0 Å². The lowest BCUT2D eigenvalue weighted by molar-refractivity contribution is -0.126. The molecular formula is C14H25N3O. The molecule has 1 saturated heterocycles. The summed E-state index contributed by atoms with van der Waals surface area (Å²) in [7, 11) is 1.71. The summed E-state index contributed by atoms with van der Waals surface area (Å²) in [5.41, 5.74) is -0.226. The van der Waals surface area contributed by atoms with Crippen molar-refractivity contribution in [3.63, 3.8) is 0 Å². The zero-order chi connectivity index (χ0) is 13.6. The van der Waals surface area contributed by atoms with Crippen LogP contribution >= 0.6 is 0 Å². The summed E-state index contributed by atoms with van der Waals surface area (Å²) in [4.78, 5) is 14.0. The first kappa shape index (κ1) is 15.0. The Morgan fingerprint density at radius 3 is 2.89 bits per heavy atom. The molecule has 1 rings (SSSR count). The first-order chi connectivity index (χ1) is 8.48. The van der Waals surface area contributed by atoms with Gasteiger partial charge in [-0.3, -0.25) is 4.79 Å². The number of carbonyl (C=O) groups excluding carboxylic acids is 1. The lowest BCUT2D eigenvalue weighted by atomic mass is 9.89. The Bertz CT molecular complexity index is 319. The monoisotopic (exact) mass is 251 g/mol. The molecule has 4 nitrogen and oxygen atoms in total. The highest BCUT2D eigenvalue weighted by atomic mass is 16.1. The maximum absolute atomic E-state index is 11.6. The number of piperidine rings is 1. The molecule has 0 aromatic carbocycles. The van der Waals surface area contributed by atoms with Gasteiger partial charge >= 0.3 is 0 Å². The second kappa shape index (κ2) is 6.75. The molecule has 1 aliphatic rings. The first-order valence-electron chi connectivity index (χ1n) is 6.84. The zero-order valence-electron chi connectivity index (χ0n) is 11.8. The molecule has 4 heteroatoms. The van der Waals surface area contributed by atoms with Gasteiger partial charge in [0.15, 0.2) is 0 Å². The Morgan fingerprint density at radius 2 is 2.28 bits per heavy atom. The van der Waals surface area contributed by atoms with Crippen LogP contribution in [-0.2, 0) is 4.79 Å². The molecule has 0 bridgehead atoms. The summed E-state index contributed by atoms with van der Waals surface area (Å²) >= 11 is 0. The SMILES string of the molecule is CNC(=O)C1CCCN(CCCC(C)(C)C#N)C1. The fourth-order valence-corrected chi connectivity index (χ4v) is 2.48. The van der Waals surface area contributed by atoms with Crippen LogP contribution in [0.2, 0.25) is 0 Å². The van der Waals surface area contributed by atoms with Gasteiger partial charge < -0.3 is 10.2 Å². The molecule has 1 N–H and O–H groups in total. The highest BCUT2D eigenvalue weighted by molar-refractivity contribution is 5.78. The summed E-state index contributed by atoms with van der Waals surface area (Å²) < 4.78 is 0. The summed E-state index contributed by atoms with van der Waals surface area (Å²) in [6, 6.07) is 2.33. The van der Waals surface area contributed by atoms with Gasteiger partial charge in [-0.25, -0.2) is 0 Å². The van der Waals surface area contributed by atoms with Crippen LogP contribution in [0.4, 0.5) is 0 Å². The number of nitrogens with zero attached hydrogens (tertiary/aromatic N) is 2. The number of rotatable bonds is 5. The minimum absolute atomic E-state index is 0.146. The Hall–Kier alpha value is -1.08.